The van der Waals surface area contributed by atoms with Crippen LogP contribution in [0.25, 0.3) is 5.65 Å². The van der Waals surface area contributed by atoms with Crippen molar-refractivity contribution in [1.29, 1.82) is 0 Å². The minimum atomic E-state index is -1.07. The molecule has 0 radical (unpaired) electrons. The normalized spacial score (nSPS) is 13.0. The first-order valence-corrected chi connectivity index (χ1v) is 10.6. The molecule has 4 rings (SSSR count). The highest BCUT2D eigenvalue weighted by Gasteiger charge is 2.31. The number of ether oxygens (including phenoxy) is 1. The predicted molar refractivity (Wildman–Crippen MR) is 123 cm³/mol. The Morgan fingerprint density at radius 2 is 1.79 bits per heavy atom. The highest BCUT2D eigenvalue weighted by Crippen LogP contribution is 2.34. The van der Waals surface area contributed by atoms with E-state index in [1.807, 2.05) is 37.3 Å². The van der Waals surface area contributed by atoms with Crippen LogP contribution in [0.15, 0.2) is 54.6 Å². The van der Waals surface area contributed by atoms with Gasteiger partial charge in [-0.25, -0.2) is 9.31 Å². The van der Waals surface area contributed by atoms with Gasteiger partial charge in [0.15, 0.2) is 17.6 Å². The van der Waals surface area contributed by atoms with Crippen molar-refractivity contribution in [2.24, 2.45) is 0 Å². The molecule has 0 bridgehead atoms. The van der Waals surface area contributed by atoms with E-state index in [1.165, 1.54) is 13.8 Å². The molecule has 10 heteroatoms. The number of benzene rings is 2. The molecule has 0 saturated heterocycles. The molecule has 1 amide bonds. The lowest BCUT2D eigenvalue weighted by Gasteiger charge is -2.30. The first kappa shape index (κ1) is 22.3. The van der Waals surface area contributed by atoms with Crippen LogP contribution < -0.4 is 9.64 Å². The fourth-order valence-corrected chi connectivity index (χ4v) is 3.78. The van der Waals surface area contributed by atoms with Crippen molar-refractivity contribution >= 4 is 34.8 Å². The average molecular weight is 468 g/mol. The van der Waals surface area contributed by atoms with Gasteiger partial charge in [-0.3, -0.25) is 14.8 Å². The zero-order chi connectivity index (χ0) is 23.7. The quantitative estimate of drug-likeness (QED) is 0.424. The number of carboxylic acids is 1. The number of aromatic nitrogens is 4. The number of rotatable bonds is 7. The fraction of sp³-hybridized carbons (Fsp3) is 0.217. The molecule has 0 spiro atoms. The summed E-state index contributed by atoms with van der Waals surface area (Å²) in [6.07, 6.45) is -0.998. The number of hydrogen-bond acceptors (Lipinski definition) is 5. The van der Waals surface area contributed by atoms with E-state index in [2.05, 4.69) is 15.3 Å². The van der Waals surface area contributed by atoms with E-state index in [0.29, 0.717) is 27.9 Å². The largest absolute Gasteiger partial charge is 0.479 e. The Morgan fingerprint density at radius 3 is 2.39 bits per heavy atom. The number of amides is 1. The molecule has 0 saturated carbocycles. The molecule has 170 valence electrons. The number of nitrogens with zero attached hydrogens (tertiary/aromatic N) is 4. The molecular weight excluding hydrogens is 446 g/mol. The third kappa shape index (κ3) is 4.27. The van der Waals surface area contributed by atoms with Gasteiger partial charge >= 0.3 is 5.97 Å². The van der Waals surface area contributed by atoms with Crippen LogP contribution in [0.3, 0.4) is 0 Å². The summed E-state index contributed by atoms with van der Waals surface area (Å²) in [7, 11) is 0. The van der Waals surface area contributed by atoms with Gasteiger partial charge < -0.3 is 9.84 Å². The summed E-state index contributed by atoms with van der Waals surface area (Å²) in [5.74, 6) is -0.418. The summed E-state index contributed by atoms with van der Waals surface area (Å²) in [6.45, 7) is 4.75. The first-order valence-electron chi connectivity index (χ1n) is 10.2. The second-order valence-electron chi connectivity index (χ2n) is 7.56. The lowest BCUT2D eigenvalue weighted by molar-refractivity contribution is -0.144. The molecule has 33 heavy (non-hydrogen) atoms. The predicted octanol–water partition coefficient (Wildman–Crippen LogP) is 4.01. The topological polar surface area (TPSA) is 113 Å². The highest BCUT2D eigenvalue weighted by atomic mass is 35.5. The van der Waals surface area contributed by atoms with Gasteiger partial charge in [0.05, 0.1) is 5.69 Å². The average Bonchev–Trinajstić information content (AvgIpc) is 3.32. The van der Waals surface area contributed by atoms with Crippen molar-refractivity contribution in [2.75, 3.05) is 4.90 Å². The van der Waals surface area contributed by atoms with Crippen LogP contribution in [-0.2, 0) is 9.59 Å². The smallest absolute Gasteiger partial charge is 0.344 e. The number of hydrogen-bond donors (Lipinski definition) is 2. The van der Waals surface area contributed by atoms with E-state index >= 15 is 0 Å². The van der Waals surface area contributed by atoms with Crippen molar-refractivity contribution < 1.29 is 19.4 Å². The number of aromatic amines is 1. The molecule has 2 N–H and O–H groups in total. The van der Waals surface area contributed by atoms with Crippen LogP contribution in [0, 0.1) is 6.92 Å². The molecule has 2 aromatic heterocycles. The van der Waals surface area contributed by atoms with Crippen molar-refractivity contribution in [2.45, 2.75) is 32.9 Å². The minimum Gasteiger partial charge on any atom is -0.479 e. The Kier molecular flexibility index (Phi) is 6.06. The maximum Gasteiger partial charge on any atom is 0.344 e. The summed E-state index contributed by atoms with van der Waals surface area (Å²) in [4.78, 5) is 25.6. The summed E-state index contributed by atoms with van der Waals surface area (Å²) in [5.41, 5.74) is 2.61. The zero-order valence-electron chi connectivity index (χ0n) is 18.2. The second-order valence-corrected chi connectivity index (χ2v) is 7.94. The number of fused-ring (bicyclic) bond motifs is 1. The number of carboxylic acid groups (broad SMARTS) is 1. The van der Waals surface area contributed by atoms with E-state index in [0.717, 1.165) is 11.3 Å². The molecule has 4 aromatic rings. The molecule has 2 unspecified atom stereocenters. The maximum absolute atomic E-state index is 12.9. The Hall–Kier alpha value is -3.85. The SMILES string of the molecule is CC(=O)N(c1ccc(OC(C)C(=O)O)cc1)C(c1ccccc1)c1nnc2c(Cl)c(C)[nH]n12. The van der Waals surface area contributed by atoms with Crippen molar-refractivity contribution in [3.8, 4) is 5.75 Å². The van der Waals surface area contributed by atoms with Gasteiger partial charge in [0.2, 0.25) is 5.91 Å². The van der Waals surface area contributed by atoms with Crippen LogP contribution in [0.5, 0.6) is 5.75 Å². The summed E-state index contributed by atoms with van der Waals surface area (Å²) >= 11 is 6.36. The molecule has 9 nitrogen and oxygen atoms in total. The number of aryl methyl sites for hydroxylation is 1. The van der Waals surface area contributed by atoms with Crippen molar-refractivity contribution in [3.63, 3.8) is 0 Å². The number of halogens is 1. The van der Waals surface area contributed by atoms with E-state index < -0.39 is 18.1 Å². The van der Waals surface area contributed by atoms with Crippen LogP contribution in [-0.4, -0.2) is 42.9 Å². The van der Waals surface area contributed by atoms with Gasteiger partial charge in [-0.1, -0.05) is 41.9 Å². The van der Waals surface area contributed by atoms with E-state index in [-0.39, 0.29) is 5.91 Å². The van der Waals surface area contributed by atoms with Crippen LogP contribution in [0.4, 0.5) is 5.69 Å². The van der Waals surface area contributed by atoms with E-state index in [1.54, 1.807) is 33.7 Å². The van der Waals surface area contributed by atoms with Gasteiger partial charge in [-0.15, -0.1) is 10.2 Å². The van der Waals surface area contributed by atoms with Crippen LogP contribution >= 0.6 is 11.6 Å². The highest BCUT2D eigenvalue weighted by molar-refractivity contribution is 6.34. The second kappa shape index (κ2) is 8.95. The Labute approximate surface area is 194 Å². The Morgan fingerprint density at radius 1 is 1.12 bits per heavy atom. The summed E-state index contributed by atoms with van der Waals surface area (Å²) in [5, 5.41) is 21.3. The van der Waals surface area contributed by atoms with Crippen LogP contribution in [0.2, 0.25) is 5.02 Å². The Balaban J connectivity index is 1.81. The van der Waals surface area contributed by atoms with Gasteiger partial charge in [-0.05, 0) is 43.7 Å². The van der Waals surface area contributed by atoms with Crippen molar-refractivity contribution in [1.82, 2.24) is 19.8 Å². The molecule has 0 fully saturated rings. The van der Waals surface area contributed by atoms with E-state index in [4.69, 9.17) is 21.4 Å². The number of H-pyrrole nitrogens is 1. The molecular formula is C23H22ClN5O4. The van der Waals surface area contributed by atoms with Gasteiger partial charge in [-0.2, -0.15) is 0 Å². The third-order valence-corrected chi connectivity index (χ3v) is 5.68. The number of anilines is 1. The van der Waals surface area contributed by atoms with Gasteiger partial charge in [0.25, 0.3) is 0 Å². The van der Waals surface area contributed by atoms with Gasteiger partial charge in [0, 0.05) is 12.6 Å². The fourth-order valence-electron chi connectivity index (χ4n) is 3.61. The lowest BCUT2D eigenvalue weighted by Crippen LogP contribution is -2.35. The number of carbonyl (C=O) groups is 2. The number of aliphatic carboxylic acids is 1. The first-order chi connectivity index (χ1) is 15.8. The third-order valence-electron chi connectivity index (χ3n) is 5.23. The molecule has 0 aliphatic carbocycles. The zero-order valence-corrected chi connectivity index (χ0v) is 18.9. The van der Waals surface area contributed by atoms with Crippen LogP contribution in [0.1, 0.15) is 37.0 Å². The number of carbonyl (C=O) groups excluding carboxylic acids is 1. The Bertz CT molecular complexity index is 1300. The minimum absolute atomic E-state index is 0.220. The monoisotopic (exact) mass is 467 g/mol. The molecule has 0 aliphatic heterocycles. The number of nitrogens with one attached hydrogen (secondary N) is 1. The van der Waals surface area contributed by atoms with Gasteiger partial charge in [0.1, 0.15) is 16.8 Å². The standard InChI is InChI=1S/C23H22ClN5O4/c1-13-19(24)21-25-26-22(29(21)27-13)20(16-7-5-4-6-8-16)28(15(3)30)17-9-11-18(12-10-17)33-14(2)23(31)32/h4-12,14,20,27H,1-3H3,(H,31,32). The molecule has 2 aromatic carbocycles. The molecule has 2 atom stereocenters. The summed E-state index contributed by atoms with van der Waals surface area (Å²) < 4.78 is 7.09. The van der Waals surface area contributed by atoms with Crippen molar-refractivity contribution in [3.05, 3.63) is 76.7 Å². The van der Waals surface area contributed by atoms with E-state index in [9.17, 15) is 9.59 Å². The molecule has 2 heterocycles. The molecule has 0 aliphatic rings. The lowest BCUT2D eigenvalue weighted by atomic mass is 10.0. The maximum atomic E-state index is 12.9. The summed E-state index contributed by atoms with van der Waals surface area (Å²) in [6, 6.07) is 15.5.